The molecule has 1 heterocycles. The van der Waals surface area contributed by atoms with Gasteiger partial charge in [-0.05, 0) is 41.5 Å². The van der Waals surface area contributed by atoms with Gasteiger partial charge in [-0.25, -0.2) is 0 Å². The minimum Gasteiger partial charge on any atom is -0.321 e. The Kier molecular flexibility index (Phi) is 3.37. The SMILES string of the molecule is O=C(Nc1ccc2c3c(cccc13)CC2)c1cc(Cl)sc1Cl. The lowest BCUT2D eigenvalue weighted by atomic mass is 10.0. The van der Waals surface area contributed by atoms with Crippen LogP contribution in [0.3, 0.4) is 0 Å². The number of hydrogen-bond acceptors (Lipinski definition) is 2. The van der Waals surface area contributed by atoms with Crippen LogP contribution in [0, 0.1) is 0 Å². The summed E-state index contributed by atoms with van der Waals surface area (Å²) in [6.07, 6.45) is 2.13. The fraction of sp³-hybridized carbons (Fsp3) is 0.118. The number of rotatable bonds is 2. The molecule has 1 amide bonds. The van der Waals surface area contributed by atoms with Crippen molar-refractivity contribution in [3.05, 3.63) is 61.8 Å². The van der Waals surface area contributed by atoms with Gasteiger partial charge in [0.25, 0.3) is 5.91 Å². The molecule has 0 spiro atoms. The molecule has 3 aromatic rings. The minimum atomic E-state index is -0.230. The molecule has 0 fully saturated rings. The number of benzene rings is 2. The van der Waals surface area contributed by atoms with Gasteiger partial charge in [0, 0.05) is 11.1 Å². The van der Waals surface area contributed by atoms with Crippen LogP contribution in [-0.2, 0) is 12.8 Å². The summed E-state index contributed by atoms with van der Waals surface area (Å²) in [6.45, 7) is 0. The molecule has 22 heavy (non-hydrogen) atoms. The van der Waals surface area contributed by atoms with E-state index >= 15 is 0 Å². The van der Waals surface area contributed by atoms with E-state index in [9.17, 15) is 4.79 Å². The lowest BCUT2D eigenvalue weighted by Gasteiger charge is -2.10. The summed E-state index contributed by atoms with van der Waals surface area (Å²) in [5.41, 5.74) is 3.92. The number of hydrogen-bond donors (Lipinski definition) is 1. The van der Waals surface area contributed by atoms with Crippen LogP contribution >= 0.6 is 34.5 Å². The van der Waals surface area contributed by atoms with E-state index in [-0.39, 0.29) is 5.91 Å². The highest BCUT2D eigenvalue weighted by molar-refractivity contribution is 7.20. The molecule has 2 aromatic carbocycles. The Bertz CT molecular complexity index is 906. The Labute approximate surface area is 141 Å². The quantitative estimate of drug-likeness (QED) is 0.645. The number of amides is 1. The Hall–Kier alpha value is -1.55. The van der Waals surface area contributed by atoms with Crippen molar-refractivity contribution in [2.24, 2.45) is 0 Å². The van der Waals surface area contributed by atoms with E-state index in [0.717, 1.165) is 23.9 Å². The van der Waals surface area contributed by atoms with E-state index < -0.39 is 0 Å². The van der Waals surface area contributed by atoms with E-state index in [2.05, 4.69) is 17.4 Å². The summed E-state index contributed by atoms with van der Waals surface area (Å²) < 4.78 is 0.920. The standard InChI is InChI=1S/C17H11Cl2NOS/c18-14-8-12(16(19)22-14)17(21)20-13-7-6-10-5-4-9-2-1-3-11(13)15(9)10/h1-3,6-8H,4-5H2,(H,20,21). The predicted molar refractivity (Wildman–Crippen MR) is 93.6 cm³/mol. The van der Waals surface area contributed by atoms with E-state index in [0.29, 0.717) is 14.2 Å². The average Bonchev–Trinajstić information content (AvgIpc) is 3.06. The van der Waals surface area contributed by atoms with Gasteiger partial charge in [-0.1, -0.05) is 47.5 Å². The van der Waals surface area contributed by atoms with Crippen LogP contribution < -0.4 is 5.32 Å². The summed E-state index contributed by atoms with van der Waals surface area (Å²) in [6, 6.07) is 11.9. The lowest BCUT2D eigenvalue weighted by molar-refractivity contribution is 0.102. The number of carbonyl (C=O) groups is 1. The second-order valence-electron chi connectivity index (χ2n) is 5.30. The van der Waals surface area contributed by atoms with Gasteiger partial charge >= 0.3 is 0 Å². The average molecular weight is 348 g/mol. The number of aryl methyl sites for hydroxylation is 2. The van der Waals surface area contributed by atoms with Crippen LogP contribution in [0.25, 0.3) is 10.8 Å². The van der Waals surface area contributed by atoms with Gasteiger partial charge in [0.15, 0.2) is 0 Å². The molecular weight excluding hydrogens is 337 g/mol. The zero-order chi connectivity index (χ0) is 15.3. The van der Waals surface area contributed by atoms with Crippen LogP contribution in [0.5, 0.6) is 0 Å². The van der Waals surface area contributed by atoms with Gasteiger partial charge in [-0.15, -0.1) is 11.3 Å². The van der Waals surface area contributed by atoms with E-state index in [1.807, 2.05) is 18.2 Å². The first-order valence-electron chi connectivity index (χ1n) is 6.93. The first-order chi connectivity index (χ1) is 10.6. The summed E-state index contributed by atoms with van der Waals surface area (Å²) in [7, 11) is 0. The van der Waals surface area contributed by atoms with Crippen molar-refractivity contribution in [3.8, 4) is 0 Å². The summed E-state index contributed by atoms with van der Waals surface area (Å²) in [4.78, 5) is 12.4. The highest BCUT2D eigenvalue weighted by Gasteiger charge is 2.19. The van der Waals surface area contributed by atoms with Crippen LogP contribution in [0.15, 0.2) is 36.4 Å². The molecule has 1 N–H and O–H groups in total. The zero-order valence-electron chi connectivity index (χ0n) is 11.5. The molecule has 2 nitrogen and oxygen atoms in total. The van der Waals surface area contributed by atoms with E-state index in [1.54, 1.807) is 6.07 Å². The molecule has 0 bridgehead atoms. The van der Waals surface area contributed by atoms with Gasteiger partial charge in [-0.3, -0.25) is 4.79 Å². The molecule has 110 valence electrons. The summed E-state index contributed by atoms with van der Waals surface area (Å²) in [5.74, 6) is -0.230. The predicted octanol–water partition coefficient (Wildman–Crippen LogP) is 5.56. The highest BCUT2D eigenvalue weighted by Crippen LogP contribution is 2.36. The van der Waals surface area contributed by atoms with Crippen molar-refractivity contribution >= 4 is 56.9 Å². The van der Waals surface area contributed by atoms with Gasteiger partial charge in [-0.2, -0.15) is 0 Å². The fourth-order valence-electron chi connectivity index (χ4n) is 3.04. The van der Waals surface area contributed by atoms with Crippen molar-refractivity contribution in [1.29, 1.82) is 0 Å². The van der Waals surface area contributed by atoms with E-state index in [4.69, 9.17) is 23.2 Å². The van der Waals surface area contributed by atoms with Gasteiger partial charge in [0.05, 0.1) is 9.90 Å². The molecule has 0 saturated carbocycles. The molecule has 0 aliphatic heterocycles. The van der Waals surface area contributed by atoms with E-state index in [1.165, 1.54) is 27.8 Å². The second-order valence-corrected chi connectivity index (χ2v) is 7.59. The fourth-order valence-corrected chi connectivity index (χ4v) is 4.50. The molecule has 5 heteroatoms. The van der Waals surface area contributed by atoms with Crippen molar-refractivity contribution in [1.82, 2.24) is 0 Å². The lowest BCUT2D eigenvalue weighted by Crippen LogP contribution is -2.11. The molecule has 1 aliphatic carbocycles. The maximum Gasteiger partial charge on any atom is 0.258 e. The number of halogens is 2. The van der Waals surface area contributed by atoms with Gasteiger partial charge in [0.1, 0.15) is 4.34 Å². The summed E-state index contributed by atoms with van der Waals surface area (Å²) in [5, 5.41) is 5.32. The van der Waals surface area contributed by atoms with Crippen LogP contribution in [0.2, 0.25) is 8.67 Å². The molecule has 0 saturated heterocycles. The Morgan fingerprint density at radius 3 is 2.59 bits per heavy atom. The molecule has 1 aromatic heterocycles. The topological polar surface area (TPSA) is 29.1 Å². The molecule has 4 rings (SSSR count). The first-order valence-corrected chi connectivity index (χ1v) is 8.50. The normalized spacial score (nSPS) is 12.8. The third-order valence-corrected chi connectivity index (χ3v) is 5.51. The number of nitrogens with one attached hydrogen (secondary N) is 1. The van der Waals surface area contributed by atoms with Crippen molar-refractivity contribution < 1.29 is 4.79 Å². The maximum absolute atomic E-state index is 12.4. The molecule has 0 unspecified atom stereocenters. The van der Waals surface area contributed by atoms with Gasteiger partial charge < -0.3 is 5.32 Å². The largest absolute Gasteiger partial charge is 0.321 e. The van der Waals surface area contributed by atoms with Crippen LogP contribution in [0.4, 0.5) is 5.69 Å². The molecule has 0 radical (unpaired) electrons. The second kappa shape index (κ2) is 5.27. The first kappa shape index (κ1) is 14.1. The van der Waals surface area contributed by atoms with Crippen molar-refractivity contribution in [2.45, 2.75) is 12.8 Å². The van der Waals surface area contributed by atoms with Gasteiger partial charge in [0.2, 0.25) is 0 Å². The highest BCUT2D eigenvalue weighted by atomic mass is 35.5. The smallest absolute Gasteiger partial charge is 0.258 e. The van der Waals surface area contributed by atoms with Crippen molar-refractivity contribution in [3.63, 3.8) is 0 Å². The molecular formula is C17H11Cl2NOS. The van der Waals surface area contributed by atoms with Crippen molar-refractivity contribution in [2.75, 3.05) is 5.32 Å². The molecule has 0 atom stereocenters. The van der Waals surface area contributed by atoms with Crippen LogP contribution in [-0.4, -0.2) is 5.91 Å². The minimum absolute atomic E-state index is 0.230. The van der Waals surface area contributed by atoms with Crippen LogP contribution in [0.1, 0.15) is 21.5 Å². The Balaban J connectivity index is 1.77. The monoisotopic (exact) mass is 347 g/mol. The third-order valence-electron chi connectivity index (χ3n) is 4.03. The molecule has 1 aliphatic rings. The maximum atomic E-state index is 12.4. The summed E-state index contributed by atoms with van der Waals surface area (Å²) >= 11 is 13.2. The number of anilines is 1. The Morgan fingerprint density at radius 2 is 1.86 bits per heavy atom. The third kappa shape index (κ3) is 2.21. The number of thiophene rings is 1. The Morgan fingerprint density at radius 1 is 1.09 bits per heavy atom. The zero-order valence-corrected chi connectivity index (χ0v) is 13.8. The number of carbonyl (C=O) groups excluding carboxylic acids is 1.